The summed E-state index contributed by atoms with van der Waals surface area (Å²) in [6.45, 7) is 0.925. The number of carbonyl (C=O) groups is 2. The number of hydrogen-bond acceptors (Lipinski definition) is 11. The highest BCUT2D eigenvalue weighted by Crippen LogP contribution is 2.30. The van der Waals surface area contributed by atoms with Crippen LogP contribution >= 0.6 is 0 Å². The summed E-state index contributed by atoms with van der Waals surface area (Å²) >= 11 is 0. The molecular weight excluding hydrogens is 470 g/mol. The van der Waals surface area contributed by atoms with Gasteiger partial charge in [0.25, 0.3) is 0 Å². The van der Waals surface area contributed by atoms with Gasteiger partial charge in [0.05, 0.1) is 30.8 Å². The monoisotopic (exact) mass is 517 g/mol. The van der Waals surface area contributed by atoms with Crippen LogP contribution in [-0.2, 0) is 23.8 Å². The van der Waals surface area contributed by atoms with Crippen LogP contribution in [0.2, 0.25) is 0 Å². The first-order valence-electron chi connectivity index (χ1n) is 12.8. The summed E-state index contributed by atoms with van der Waals surface area (Å²) in [7, 11) is 4.91. The molecule has 36 heavy (non-hydrogen) atoms. The van der Waals surface area contributed by atoms with Gasteiger partial charge < -0.3 is 57.8 Å². The van der Waals surface area contributed by atoms with Crippen LogP contribution in [0.1, 0.15) is 38.5 Å². The van der Waals surface area contributed by atoms with Crippen molar-refractivity contribution < 1.29 is 28.9 Å². The summed E-state index contributed by atoms with van der Waals surface area (Å²) in [5, 5.41) is 17.4. The van der Waals surface area contributed by atoms with Crippen molar-refractivity contribution in [1.29, 1.82) is 0 Å². The van der Waals surface area contributed by atoms with E-state index in [1.807, 2.05) is 7.05 Å². The van der Waals surface area contributed by atoms with Crippen LogP contribution in [0.5, 0.6) is 0 Å². The first-order valence-corrected chi connectivity index (χ1v) is 12.8. The second-order valence-corrected chi connectivity index (χ2v) is 9.79. The van der Waals surface area contributed by atoms with Gasteiger partial charge in [0.1, 0.15) is 12.2 Å². The van der Waals surface area contributed by atoms with Gasteiger partial charge in [-0.3, -0.25) is 9.59 Å². The third-order valence-corrected chi connectivity index (χ3v) is 7.06. The molecule has 2 fully saturated rings. The highest BCUT2D eigenvalue weighted by atomic mass is 16.7. The molecule has 13 nitrogen and oxygen atoms in total. The molecule has 11 N–H and O–H groups in total. The van der Waals surface area contributed by atoms with Crippen molar-refractivity contribution in [2.45, 2.75) is 93.4 Å². The number of aliphatic hydroxyl groups is 1. The van der Waals surface area contributed by atoms with Crippen molar-refractivity contribution in [2.24, 2.45) is 22.9 Å². The van der Waals surface area contributed by atoms with E-state index in [-0.39, 0.29) is 36.9 Å². The number of nitrogens with two attached hydrogens (primary N) is 4. The van der Waals surface area contributed by atoms with Crippen LogP contribution in [0.25, 0.3) is 0 Å². The minimum absolute atomic E-state index is 0.138. The number of hydrogen-bond donors (Lipinski definition) is 7. The minimum atomic E-state index is -1.16. The lowest BCUT2D eigenvalue weighted by molar-refractivity contribution is -0.257. The van der Waals surface area contributed by atoms with Crippen LogP contribution in [-0.4, -0.2) is 118 Å². The zero-order valence-corrected chi connectivity index (χ0v) is 21.8. The Hall–Kier alpha value is -1.42. The Kier molecular flexibility index (Phi) is 12.9. The maximum absolute atomic E-state index is 12.7. The van der Waals surface area contributed by atoms with E-state index in [2.05, 4.69) is 10.6 Å². The lowest BCUT2D eigenvalue weighted by atomic mass is 9.83. The van der Waals surface area contributed by atoms with Gasteiger partial charge in [-0.15, -0.1) is 0 Å². The molecule has 2 amide bonds. The first-order chi connectivity index (χ1) is 17.2. The second-order valence-electron chi connectivity index (χ2n) is 9.79. The zero-order chi connectivity index (χ0) is 26.8. The summed E-state index contributed by atoms with van der Waals surface area (Å²) in [5.74, 6) is -0.540. The third-order valence-electron chi connectivity index (χ3n) is 7.06. The largest absolute Gasteiger partial charge is 0.388 e. The van der Waals surface area contributed by atoms with E-state index >= 15 is 0 Å². The van der Waals surface area contributed by atoms with Crippen LogP contribution in [0.4, 0.5) is 0 Å². The van der Waals surface area contributed by atoms with Crippen LogP contribution in [0.3, 0.4) is 0 Å². The summed E-state index contributed by atoms with van der Waals surface area (Å²) in [5.41, 5.74) is 23.5. The van der Waals surface area contributed by atoms with Crippen LogP contribution in [0, 0.1) is 0 Å². The van der Waals surface area contributed by atoms with Gasteiger partial charge >= 0.3 is 0 Å². The second kappa shape index (κ2) is 15.1. The number of aliphatic hydroxyl groups excluding tert-OH is 1. The highest BCUT2D eigenvalue weighted by Gasteiger charge is 2.48. The number of carbonyl (C=O) groups excluding carboxylic acids is 2. The van der Waals surface area contributed by atoms with Crippen molar-refractivity contribution in [3.05, 3.63) is 0 Å². The summed E-state index contributed by atoms with van der Waals surface area (Å²) < 4.78 is 18.0. The molecule has 2 aliphatic rings. The molecule has 1 aliphatic carbocycles. The molecule has 0 aromatic heterocycles. The molecule has 13 heteroatoms. The van der Waals surface area contributed by atoms with Gasteiger partial charge in [-0.05, 0) is 45.7 Å². The lowest BCUT2D eigenvalue weighted by Crippen LogP contribution is -2.67. The van der Waals surface area contributed by atoms with Gasteiger partial charge in [-0.2, -0.15) is 0 Å². The maximum Gasteiger partial charge on any atom is 0.236 e. The Bertz CT molecular complexity index is 689. The van der Waals surface area contributed by atoms with Crippen molar-refractivity contribution in [3.63, 3.8) is 0 Å². The third kappa shape index (κ3) is 8.30. The standard InChI is InChI=1S/C23H47N7O6/c1-28-12-14-6-7-16(29-18(31)9-13(26)5-4-8-24)23(35-14)36-22-15(27)10-17(34-3)20(21(22)33)30(2)19(32)11-25/h13-17,20-23,28,33H,4-12,24-27H2,1-3H3,(H,29,31)/t13-,14+,15-,16-,17+,20-,21-,22-,23-/m1/s1. The van der Waals surface area contributed by atoms with Gasteiger partial charge in [0, 0.05) is 39.2 Å². The molecule has 0 aromatic carbocycles. The van der Waals surface area contributed by atoms with E-state index in [1.54, 1.807) is 7.05 Å². The molecule has 0 radical (unpaired) electrons. The van der Waals surface area contributed by atoms with E-state index in [0.717, 1.165) is 6.42 Å². The molecule has 0 bridgehead atoms. The van der Waals surface area contributed by atoms with E-state index in [9.17, 15) is 14.7 Å². The molecule has 1 heterocycles. The van der Waals surface area contributed by atoms with Crippen molar-refractivity contribution >= 4 is 11.8 Å². The molecule has 1 saturated carbocycles. The normalized spacial score (nSPS) is 33.7. The van der Waals surface area contributed by atoms with E-state index < -0.39 is 42.7 Å². The van der Waals surface area contributed by atoms with Crippen LogP contribution in [0.15, 0.2) is 0 Å². The Morgan fingerprint density at radius 3 is 2.61 bits per heavy atom. The van der Waals surface area contributed by atoms with Gasteiger partial charge in [0.2, 0.25) is 11.8 Å². The number of likely N-dealkylation sites (N-methyl/N-ethyl adjacent to an activating group) is 2. The van der Waals surface area contributed by atoms with Crippen molar-refractivity contribution in [1.82, 2.24) is 15.5 Å². The maximum atomic E-state index is 12.7. The number of nitrogens with zero attached hydrogens (tertiary/aromatic N) is 1. The Balaban J connectivity index is 2.16. The first kappa shape index (κ1) is 30.8. The van der Waals surface area contributed by atoms with Gasteiger partial charge in [-0.1, -0.05) is 0 Å². The number of ether oxygens (including phenoxy) is 3. The fraction of sp³-hybridized carbons (Fsp3) is 0.913. The van der Waals surface area contributed by atoms with Crippen LogP contribution < -0.4 is 33.6 Å². The quantitative estimate of drug-likeness (QED) is 0.130. The topological polar surface area (TPSA) is 213 Å². The summed E-state index contributed by atoms with van der Waals surface area (Å²) in [6.07, 6.45) is -0.235. The molecule has 0 unspecified atom stereocenters. The Morgan fingerprint density at radius 1 is 1.28 bits per heavy atom. The summed E-state index contributed by atoms with van der Waals surface area (Å²) in [4.78, 5) is 26.4. The molecule has 9 atom stereocenters. The van der Waals surface area contributed by atoms with E-state index in [1.165, 1.54) is 12.0 Å². The average molecular weight is 518 g/mol. The highest BCUT2D eigenvalue weighted by molar-refractivity contribution is 5.78. The fourth-order valence-corrected chi connectivity index (χ4v) is 5.06. The molecular formula is C23H47N7O6. The fourth-order valence-electron chi connectivity index (χ4n) is 5.06. The van der Waals surface area contributed by atoms with E-state index in [4.69, 9.17) is 37.1 Å². The number of rotatable bonds is 13. The molecule has 0 aromatic rings. The Morgan fingerprint density at radius 2 is 2.00 bits per heavy atom. The zero-order valence-electron chi connectivity index (χ0n) is 21.8. The number of nitrogens with one attached hydrogen (secondary N) is 2. The molecule has 210 valence electrons. The SMILES string of the molecule is CNC[C@@H]1CC[C@@H](NC(=O)C[C@H](N)CCCN)[C@@H](O[C@H]2[C@H](O)[C@H](N(C)C(=O)CN)[C@@H](OC)C[C@H]2N)O1. The average Bonchev–Trinajstić information content (AvgIpc) is 2.85. The van der Waals surface area contributed by atoms with Crippen molar-refractivity contribution in [2.75, 3.05) is 40.8 Å². The predicted octanol–water partition coefficient (Wildman–Crippen LogP) is -3.07. The van der Waals surface area contributed by atoms with E-state index in [0.29, 0.717) is 38.8 Å². The minimum Gasteiger partial charge on any atom is -0.388 e. The lowest BCUT2D eigenvalue weighted by Gasteiger charge is -2.48. The smallest absolute Gasteiger partial charge is 0.236 e. The molecule has 1 aliphatic heterocycles. The molecule has 1 saturated heterocycles. The molecule has 2 rings (SSSR count). The van der Waals surface area contributed by atoms with Gasteiger partial charge in [0.15, 0.2) is 6.29 Å². The predicted molar refractivity (Wildman–Crippen MR) is 135 cm³/mol. The number of methoxy groups -OCH3 is 1. The van der Waals surface area contributed by atoms with Gasteiger partial charge in [-0.25, -0.2) is 0 Å². The number of amides is 2. The summed E-state index contributed by atoms with van der Waals surface area (Å²) in [6, 6.07) is -2.03. The van der Waals surface area contributed by atoms with Crippen molar-refractivity contribution in [3.8, 4) is 0 Å². The Labute approximate surface area is 213 Å². The molecule has 0 spiro atoms.